The minimum Gasteiger partial charge on any atom is -0.466 e. The predicted octanol–water partition coefficient (Wildman–Crippen LogP) is 2.66. The molecule has 0 amide bonds. The van der Waals surface area contributed by atoms with Crippen molar-refractivity contribution in [2.24, 2.45) is 0 Å². The summed E-state index contributed by atoms with van der Waals surface area (Å²) in [7, 11) is 0. The van der Waals surface area contributed by atoms with E-state index in [-0.39, 0.29) is 11.2 Å². The summed E-state index contributed by atoms with van der Waals surface area (Å²) in [6, 6.07) is 0. The zero-order chi connectivity index (χ0) is 10.8. The molecule has 82 valence electrons. The minimum absolute atomic E-state index is 0.180. The zero-order valence-electron chi connectivity index (χ0n) is 8.55. The number of ether oxygens (including phenoxy) is 1. The number of carbonyl (C=O) groups excluding carboxylic acids is 2. The molecule has 0 aliphatic rings. The fourth-order valence-electron chi connectivity index (χ4n) is 0.936. The van der Waals surface area contributed by atoms with Crippen LogP contribution in [0.1, 0.15) is 45.4 Å². The number of esters is 1. The summed E-state index contributed by atoms with van der Waals surface area (Å²) in [5.41, 5.74) is 0. The SMILES string of the molecule is CCCCOC(=O)CCCCC(=O)Cl. The standard InChI is InChI=1S/C10H17ClO3/c1-2-3-8-14-10(13)7-5-4-6-9(11)12/h2-8H2,1H3. The quantitative estimate of drug-likeness (QED) is 0.359. The van der Waals surface area contributed by atoms with Gasteiger partial charge in [0.15, 0.2) is 0 Å². The maximum Gasteiger partial charge on any atom is 0.305 e. The molecule has 0 N–H and O–H groups in total. The summed E-state index contributed by atoms with van der Waals surface area (Å²) in [6.45, 7) is 2.55. The molecule has 3 nitrogen and oxygen atoms in total. The molecule has 0 rings (SSSR count). The van der Waals surface area contributed by atoms with Crippen molar-refractivity contribution in [1.29, 1.82) is 0 Å². The van der Waals surface area contributed by atoms with Crippen LogP contribution in [0.2, 0.25) is 0 Å². The van der Waals surface area contributed by atoms with E-state index in [9.17, 15) is 9.59 Å². The van der Waals surface area contributed by atoms with E-state index in [1.54, 1.807) is 0 Å². The van der Waals surface area contributed by atoms with E-state index in [1.165, 1.54) is 0 Å². The summed E-state index contributed by atoms with van der Waals surface area (Å²) in [5, 5.41) is -0.343. The van der Waals surface area contributed by atoms with Crippen molar-refractivity contribution in [2.45, 2.75) is 45.4 Å². The van der Waals surface area contributed by atoms with E-state index in [0.29, 0.717) is 32.3 Å². The molecule has 0 fully saturated rings. The lowest BCUT2D eigenvalue weighted by molar-refractivity contribution is -0.144. The topological polar surface area (TPSA) is 43.4 Å². The van der Waals surface area contributed by atoms with E-state index in [4.69, 9.17) is 16.3 Å². The van der Waals surface area contributed by atoms with Gasteiger partial charge in [0, 0.05) is 12.8 Å². The fraction of sp³-hybridized carbons (Fsp3) is 0.800. The number of hydrogen-bond acceptors (Lipinski definition) is 3. The van der Waals surface area contributed by atoms with Gasteiger partial charge in [0.05, 0.1) is 6.61 Å². The molecule has 0 saturated carbocycles. The third-order valence-corrected chi connectivity index (χ3v) is 1.95. The average Bonchev–Trinajstić information content (AvgIpc) is 2.13. The number of halogens is 1. The van der Waals surface area contributed by atoms with E-state index in [1.807, 2.05) is 6.92 Å². The Morgan fingerprint density at radius 3 is 2.36 bits per heavy atom. The Labute approximate surface area is 89.8 Å². The Bertz CT molecular complexity index is 180. The molecule has 0 aliphatic carbocycles. The zero-order valence-corrected chi connectivity index (χ0v) is 9.31. The van der Waals surface area contributed by atoms with Gasteiger partial charge in [-0.15, -0.1) is 0 Å². The van der Waals surface area contributed by atoms with Gasteiger partial charge in [-0.3, -0.25) is 9.59 Å². The molecule has 0 saturated heterocycles. The molecule has 14 heavy (non-hydrogen) atoms. The van der Waals surface area contributed by atoms with E-state index < -0.39 is 0 Å². The van der Waals surface area contributed by atoms with Crippen LogP contribution in [0.25, 0.3) is 0 Å². The molecule has 0 heterocycles. The molecule has 0 aromatic carbocycles. The van der Waals surface area contributed by atoms with Crippen LogP contribution < -0.4 is 0 Å². The van der Waals surface area contributed by atoms with Crippen molar-refractivity contribution >= 4 is 22.8 Å². The average molecular weight is 221 g/mol. The van der Waals surface area contributed by atoms with Gasteiger partial charge in [-0.25, -0.2) is 0 Å². The van der Waals surface area contributed by atoms with Crippen LogP contribution in [-0.4, -0.2) is 17.8 Å². The van der Waals surface area contributed by atoms with Gasteiger partial charge in [0.2, 0.25) is 5.24 Å². The van der Waals surface area contributed by atoms with Crippen LogP contribution >= 0.6 is 11.6 Å². The number of unbranched alkanes of at least 4 members (excludes halogenated alkanes) is 2. The second kappa shape index (κ2) is 9.00. The highest BCUT2D eigenvalue weighted by atomic mass is 35.5. The molecule has 0 spiro atoms. The first-order valence-electron chi connectivity index (χ1n) is 5.00. The van der Waals surface area contributed by atoms with Crippen molar-refractivity contribution in [3.63, 3.8) is 0 Å². The first-order chi connectivity index (χ1) is 6.66. The van der Waals surface area contributed by atoms with Crippen molar-refractivity contribution in [3.8, 4) is 0 Å². The second-order valence-electron chi connectivity index (χ2n) is 3.14. The summed E-state index contributed by atoms with van der Waals surface area (Å²) in [5.74, 6) is -0.180. The van der Waals surface area contributed by atoms with E-state index >= 15 is 0 Å². The number of rotatable bonds is 8. The molecular weight excluding hydrogens is 204 g/mol. The molecule has 0 atom stereocenters. The molecule has 0 aliphatic heterocycles. The maximum absolute atomic E-state index is 11.0. The summed E-state index contributed by atoms with van der Waals surface area (Å²) >= 11 is 5.14. The Morgan fingerprint density at radius 1 is 1.14 bits per heavy atom. The van der Waals surface area contributed by atoms with Crippen LogP contribution in [0, 0.1) is 0 Å². The van der Waals surface area contributed by atoms with Crippen molar-refractivity contribution in [1.82, 2.24) is 0 Å². The van der Waals surface area contributed by atoms with Gasteiger partial charge in [-0.1, -0.05) is 13.3 Å². The fourth-order valence-corrected chi connectivity index (χ4v) is 1.07. The van der Waals surface area contributed by atoms with Crippen LogP contribution in [0.15, 0.2) is 0 Å². The normalized spacial score (nSPS) is 9.86. The van der Waals surface area contributed by atoms with Crippen molar-refractivity contribution in [2.75, 3.05) is 6.61 Å². The van der Waals surface area contributed by atoms with Gasteiger partial charge in [-0.2, -0.15) is 0 Å². The summed E-state index contributed by atoms with van der Waals surface area (Å²) < 4.78 is 4.93. The molecule has 0 aromatic rings. The largest absolute Gasteiger partial charge is 0.466 e. The molecule has 0 aromatic heterocycles. The van der Waals surface area contributed by atoms with Gasteiger partial charge >= 0.3 is 5.97 Å². The first kappa shape index (κ1) is 13.4. The molecule has 0 radical (unpaired) electrons. The van der Waals surface area contributed by atoms with E-state index in [2.05, 4.69) is 0 Å². The Kier molecular flexibility index (Phi) is 8.64. The van der Waals surface area contributed by atoms with Crippen LogP contribution in [-0.2, 0) is 14.3 Å². The highest BCUT2D eigenvalue weighted by Crippen LogP contribution is 2.03. The number of hydrogen-bond donors (Lipinski definition) is 0. The van der Waals surface area contributed by atoms with Gasteiger partial charge in [0.25, 0.3) is 0 Å². The highest BCUT2D eigenvalue weighted by Gasteiger charge is 2.03. The summed E-state index contributed by atoms with van der Waals surface area (Å²) in [6.07, 6.45) is 3.98. The van der Waals surface area contributed by atoms with Gasteiger partial charge in [0.1, 0.15) is 0 Å². The van der Waals surface area contributed by atoms with Crippen LogP contribution in [0.5, 0.6) is 0 Å². The smallest absolute Gasteiger partial charge is 0.305 e. The molecule has 4 heteroatoms. The predicted molar refractivity (Wildman–Crippen MR) is 55.2 cm³/mol. The highest BCUT2D eigenvalue weighted by molar-refractivity contribution is 6.63. The molecular formula is C10H17ClO3. The first-order valence-corrected chi connectivity index (χ1v) is 5.38. The molecule has 0 bridgehead atoms. The third-order valence-electron chi connectivity index (χ3n) is 1.77. The van der Waals surface area contributed by atoms with Gasteiger partial charge in [-0.05, 0) is 30.9 Å². The Morgan fingerprint density at radius 2 is 1.79 bits per heavy atom. The van der Waals surface area contributed by atoms with Crippen molar-refractivity contribution in [3.05, 3.63) is 0 Å². The number of carbonyl (C=O) groups is 2. The Hall–Kier alpha value is -0.570. The van der Waals surface area contributed by atoms with Crippen molar-refractivity contribution < 1.29 is 14.3 Å². The lowest BCUT2D eigenvalue weighted by Crippen LogP contribution is -2.05. The monoisotopic (exact) mass is 220 g/mol. The van der Waals surface area contributed by atoms with Crippen LogP contribution in [0.4, 0.5) is 0 Å². The Balaban J connectivity index is 3.22. The van der Waals surface area contributed by atoms with E-state index in [0.717, 1.165) is 12.8 Å². The molecule has 0 unspecified atom stereocenters. The van der Waals surface area contributed by atoms with Gasteiger partial charge < -0.3 is 4.74 Å². The lowest BCUT2D eigenvalue weighted by Gasteiger charge is -2.02. The summed E-state index contributed by atoms with van der Waals surface area (Å²) in [4.78, 5) is 21.4. The maximum atomic E-state index is 11.0. The second-order valence-corrected chi connectivity index (χ2v) is 3.56. The minimum atomic E-state index is -0.343. The third kappa shape index (κ3) is 9.52. The van der Waals surface area contributed by atoms with Crippen LogP contribution in [0.3, 0.4) is 0 Å². The lowest BCUT2D eigenvalue weighted by atomic mass is 10.2.